The van der Waals surface area contributed by atoms with Gasteiger partial charge in [0.15, 0.2) is 5.78 Å². The molecule has 2 aromatic rings. The quantitative estimate of drug-likeness (QED) is 0.835. The van der Waals surface area contributed by atoms with Crippen LogP contribution in [-0.4, -0.2) is 39.8 Å². The standard InChI is InChI=1S/C21H22N2O4/c1-15-5-4-8-20(26)23(15)11-9-19(25)22-12-10-21(14-22)13-17(24)16-6-2-3-7-18(16)27-21/h2-8H,9-14H2,1H3/t21-/m0/s1. The Bertz CT molecular complexity index is 965. The first-order chi connectivity index (χ1) is 13.0. The van der Waals surface area contributed by atoms with Crippen LogP contribution in [-0.2, 0) is 11.3 Å². The minimum absolute atomic E-state index is 0.0167. The fraction of sp³-hybridized carbons (Fsp3) is 0.381. The summed E-state index contributed by atoms with van der Waals surface area (Å²) in [6.45, 7) is 3.19. The van der Waals surface area contributed by atoms with Gasteiger partial charge in [0.2, 0.25) is 5.91 Å². The van der Waals surface area contributed by atoms with E-state index in [1.165, 1.54) is 6.07 Å². The molecule has 1 aromatic heterocycles. The second kappa shape index (κ2) is 6.68. The summed E-state index contributed by atoms with van der Waals surface area (Å²) >= 11 is 0. The lowest BCUT2D eigenvalue weighted by Crippen LogP contribution is -2.45. The predicted molar refractivity (Wildman–Crippen MR) is 100 cm³/mol. The van der Waals surface area contributed by atoms with Crippen LogP contribution in [0.15, 0.2) is 47.3 Å². The number of Topliss-reactive ketones (excluding diaryl/α,β-unsaturated/α-hetero) is 1. The molecule has 3 heterocycles. The number of hydrogen-bond donors (Lipinski definition) is 0. The molecule has 2 aliphatic rings. The number of amides is 1. The normalized spacial score (nSPS) is 21.2. The van der Waals surface area contributed by atoms with Gasteiger partial charge >= 0.3 is 0 Å². The van der Waals surface area contributed by atoms with Crippen molar-refractivity contribution in [2.24, 2.45) is 0 Å². The molecule has 1 amide bonds. The summed E-state index contributed by atoms with van der Waals surface area (Å²) in [6.07, 6.45) is 1.19. The zero-order valence-electron chi connectivity index (χ0n) is 15.3. The number of carbonyl (C=O) groups excluding carboxylic acids is 2. The minimum atomic E-state index is -0.624. The molecule has 1 spiro atoms. The molecule has 140 valence electrons. The Kier molecular flexibility index (Phi) is 4.34. The number of carbonyl (C=O) groups is 2. The molecule has 6 nitrogen and oxygen atoms in total. The van der Waals surface area contributed by atoms with Gasteiger partial charge in [-0.05, 0) is 25.1 Å². The van der Waals surface area contributed by atoms with Crippen molar-refractivity contribution in [2.75, 3.05) is 13.1 Å². The van der Waals surface area contributed by atoms with E-state index < -0.39 is 5.60 Å². The lowest BCUT2D eigenvalue weighted by atomic mass is 9.89. The molecule has 0 radical (unpaired) electrons. The lowest BCUT2D eigenvalue weighted by Gasteiger charge is -2.34. The van der Waals surface area contributed by atoms with Crippen molar-refractivity contribution in [3.63, 3.8) is 0 Å². The number of benzene rings is 1. The highest BCUT2D eigenvalue weighted by Crippen LogP contribution is 2.38. The molecule has 1 fully saturated rings. The summed E-state index contributed by atoms with van der Waals surface area (Å²) in [6, 6.07) is 12.3. The molecule has 1 aromatic carbocycles. The maximum atomic E-state index is 12.7. The molecule has 4 rings (SSSR count). The third-order valence-electron chi connectivity index (χ3n) is 5.48. The number of ketones is 1. The highest BCUT2D eigenvalue weighted by atomic mass is 16.5. The van der Waals surface area contributed by atoms with E-state index in [9.17, 15) is 14.4 Å². The molecule has 0 unspecified atom stereocenters. The number of pyridine rings is 1. The summed E-state index contributed by atoms with van der Waals surface area (Å²) in [5.74, 6) is 0.657. The highest BCUT2D eigenvalue weighted by Gasteiger charge is 2.46. The number of hydrogen-bond acceptors (Lipinski definition) is 4. The Morgan fingerprint density at radius 1 is 1.15 bits per heavy atom. The van der Waals surface area contributed by atoms with Crippen molar-refractivity contribution in [1.29, 1.82) is 0 Å². The Labute approximate surface area is 157 Å². The first-order valence-corrected chi connectivity index (χ1v) is 9.23. The number of nitrogens with zero attached hydrogens (tertiary/aromatic N) is 2. The van der Waals surface area contributed by atoms with E-state index in [0.717, 1.165) is 5.69 Å². The van der Waals surface area contributed by atoms with E-state index in [1.54, 1.807) is 21.6 Å². The van der Waals surface area contributed by atoms with Gasteiger partial charge in [-0.25, -0.2) is 0 Å². The third kappa shape index (κ3) is 3.27. The lowest BCUT2D eigenvalue weighted by molar-refractivity contribution is -0.131. The van der Waals surface area contributed by atoms with Crippen LogP contribution in [0.4, 0.5) is 0 Å². The van der Waals surface area contributed by atoms with Gasteiger partial charge in [-0.15, -0.1) is 0 Å². The zero-order chi connectivity index (χ0) is 19.0. The zero-order valence-corrected chi connectivity index (χ0v) is 15.3. The van der Waals surface area contributed by atoms with Gasteiger partial charge in [0, 0.05) is 37.7 Å². The molecular weight excluding hydrogens is 344 g/mol. The Hall–Kier alpha value is -2.89. The second-order valence-corrected chi connectivity index (χ2v) is 7.35. The van der Waals surface area contributed by atoms with E-state index in [1.807, 2.05) is 31.2 Å². The Balaban J connectivity index is 1.43. The first kappa shape index (κ1) is 17.5. The van der Waals surface area contributed by atoms with Gasteiger partial charge < -0.3 is 14.2 Å². The average Bonchev–Trinajstić information content (AvgIpc) is 3.04. The summed E-state index contributed by atoms with van der Waals surface area (Å²) in [4.78, 5) is 38.9. The number of aryl methyl sites for hydroxylation is 1. The number of rotatable bonds is 3. The van der Waals surface area contributed by atoms with Crippen LogP contribution in [0.5, 0.6) is 5.75 Å². The average molecular weight is 366 g/mol. The van der Waals surface area contributed by atoms with E-state index in [-0.39, 0.29) is 23.7 Å². The van der Waals surface area contributed by atoms with Crippen molar-refractivity contribution in [3.8, 4) is 5.75 Å². The number of aromatic nitrogens is 1. The van der Waals surface area contributed by atoms with E-state index >= 15 is 0 Å². The van der Waals surface area contributed by atoms with Gasteiger partial charge in [-0.3, -0.25) is 14.4 Å². The molecular formula is C21H22N2O4. The first-order valence-electron chi connectivity index (χ1n) is 9.23. The fourth-order valence-electron chi connectivity index (χ4n) is 4.00. The third-order valence-corrected chi connectivity index (χ3v) is 5.48. The van der Waals surface area contributed by atoms with Crippen LogP contribution in [0.2, 0.25) is 0 Å². The molecule has 0 N–H and O–H groups in total. The SMILES string of the molecule is Cc1cccc(=O)n1CCC(=O)N1CC[C@]2(CC(=O)c3ccccc3O2)C1. The van der Waals surface area contributed by atoms with Gasteiger partial charge in [0.1, 0.15) is 11.4 Å². The van der Waals surface area contributed by atoms with Crippen LogP contribution in [0.1, 0.15) is 35.3 Å². The summed E-state index contributed by atoms with van der Waals surface area (Å²) in [5.41, 5.74) is 0.733. The Morgan fingerprint density at radius 2 is 1.96 bits per heavy atom. The maximum Gasteiger partial charge on any atom is 0.250 e. The number of para-hydroxylation sites is 1. The van der Waals surface area contributed by atoms with Crippen molar-refractivity contribution in [3.05, 3.63) is 64.1 Å². The molecule has 1 saturated heterocycles. The van der Waals surface area contributed by atoms with Crippen LogP contribution in [0.25, 0.3) is 0 Å². The fourth-order valence-corrected chi connectivity index (χ4v) is 4.00. The van der Waals surface area contributed by atoms with Gasteiger partial charge in [-0.2, -0.15) is 0 Å². The smallest absolute Gasteiger partial charge is 0.250 e. The number of ether oxygens (including phenoxy) is 1. The molecule has 0 bridgehead atoms. The molecule has 27 heavy (non-hydrogen) atoms. The predicted octanol–water partition coefficient (Wildman–Crippen LogP) is 2.18. The Morgan fingerprint density at radius 3 is 2.78 bits per heavy atom. The minimum Gasteiger partial charge on any atom is -0.484 e. The maximum absolute atomic E-state index is 12.7. The van der Waals surface area contributed by atoms with Crippen LogP contribution < -0.4 is 10.3 Å². The van der Waals surface area contributed by atoms with Crippen LogP contribution in [0.3, 0.4) is 0 Å². The molecule has 1 atom stereocenters. The van der Waals surface area contributed by atoms with E-state index in [4.69, 9.17) is 4.74 Å². The van der Waals surface area contributed by atoms with Crippen molar-refractivity contribution < 1.29 is 14.3 Å². The molecule has 0 aliphatic carbocycles. The topological polar surface area (TPSA) is 68.6 Å². The molecule has 2 aliphatic heterocycles. The summed E-state index contributed by atoms with van der Waals surface area (Å²) in [5, 5.41) is 0. The van der Waals surface area contributed by atoms with Crippen LogP contribution in [0, 0.1) is 6.92 Å². The largest absolute Gasteiger partial charge is 0.484 e. The summed E-state index contributed by atoms with van der Waals surface area (Å²) < 4.78 is 7.77. The molecule has 0 saturated carbocycles. The van der Waals surface area contributed by atoms with Crippen molar-refractivity contribution in [2.45, 2.75) is 38.3 Å². The number of fused-ring (bicyclic) bond motifs is 1. The van der Waals surface area contributed by atoms with Gasteiger partial charge in [0.25, 0.3) is 5.56 Å². The summed E-state index contributed by atoms with van der Waals surface area (Å²) in [7, 11) is 0. The van der Waals surface area contributed by atoms with E-state index in [2.05, 4.69) is 0 Å². The van der Waals surface area contributed by atoms with Crippen LogP contribution >= 0.6 is 0 Å². The monoisotopic (exact) mass is 366 g/mol. The van der Waals surface area contributed by atoms with Crippen molar-refractivity contribution >= 4 is 11.7 Å². The van der Waals surface area contributed by atoms with Crippen molar-refractivity contribution in [1.82, 2.24) is 9.47 Å². The highest BCUT2D eigenvalue weighted by molar-refractivity contribution is 6.00. The second-order valence-electron chi connectivity index (χ2n) is 7.35. The molecule has 6 heteroatoms. The van der Waals surface area contributed by atoms with Gasteiger partial charge in [-0.1, -0.05) is 18.2 Å². The number of likely N-dealkylation sites (tertiary alicyclic amines) is 1. The van der Waals surface area contributed by atoms with E-state index in [0.29, 0.717) is 43.8 Å². The van der Waals surface area contributed by atoms with Gasteiger partial charge in [0.05, 0.1) is 18.5 Å².